The molecule has 0 bridgehead atoms. The summed E-state index contributed by atoms with van der Waals surface area (Å²) >= 11 is 11.4. The summed E-state index contributed by atoms with van der Waals surface area (Å²) in [6.45, 7) is 1.97. The molecule has 6 heteroatoms. The Bertz CT molecular complexity index is 583. The maximum absolute atomic E-state index is 6.23. The van der Waals surface area contributed by atoms with Gasteiger partial charge in [0.05, 0.1) is 5.69 Å². The molecule has 1 unspecified atom stereocenters. The minimum atomic E-state index is 0.0593. The van der Waals surface area contributed by atoms with Crippen molar-refractivity contribution in [3.8, 4) is 0 Å². The highest BCUT2D eigenvalue weighted by Crippen LogP contribution is 2.24. The van der Waals surface area contributed by atoms with Gasteiger partial charge in [0.15, 0.2) is 0 Å². The first-order valence-electron chi connectivity index (χ1n) is 6.29. The Labute approximate surface area is 137 Å². The summed E-state index contributed by atoms with van der Waals surface area (Å²) < 4.78 is 2.78. The normalized spacial score (nSPS) is 12.7. The van der Waals surface area contributed by atoms with Crippen molar-refractivity contribution >= 4 is 39.3 Å². The Hall–Kier alpha value is -0.490. The monoisotopic (exact) mass is 373 g/mol. The molecule has 0 aliphatic rings. The van der Waals surface area contributed by atoms with Crippen molar-refractivity contribution in [2.24, 2.45) is 12.8 Å². The molecule has 20 heavy (non-hydrogen) atoms. The molecule has 0 aliphatic heterocycles. The summed E-state index contributed by atoms with van der Waals surface area (Å²) in [5, 5.41) is 5.00. The molecule has 1 heterocycles. The topological polar surface area (TPSA) is 43.8 Å². The fourth-order valence-corrected chi connectivity index (χ4v) is 3.33. The molecule has 2 rings (SSSR count). The Morgan fingerprint density at radius 2 is 2.05 bits per heavy atom. The van der Waals surface area contributed by atoms with Crippen molar-refractivity contribution in [2.45, 2.75) is 24.3 Å². The Morgan fingerprint density at radius 1 is 1.40 bits per heavy atom. The van der Waals surface area contributed by atoms with Crippen molar-refractivity contribution in [1.29, 1.82) is 0 Å². The fraction of sp³-hybridized carbons (Fsp3) is 0.357. The van der Waals surface area contributed by atoms with Crippen LogP contribution in [0, 0.1) is 6.92 Å². The van der Waals surface area contributed by atoms with Gasteiger partial charge in [0.25, 0.3) is 0 Å². The fourth-order valence-electron chi connectivity index (χ4n) is 1.96. The van der Waals surface area contributed by atoms with E-state index in [1.807, 2.05) is 26.1 Å². The van der Waals surface area contributed by atoms with E-state index in [4.69, 9.17) is 17.3 Å². The molecule has 2 N–H and O–H groups in total. The van der Waals surface area contributed by atoms with Gasteiger partial charge < -0.3 is 5.73 Å². The number of benzene rings is 1. The highest BCUT2D eigenvalue weighted by Gasteiger charge is 2.14. The van der Waals surface area contributed by atoms with Gasteiger partial charge in [0, 0.05) is 33.8 Å². The third-order valence-corrected chi connectivity index (χ3v) is 5.22. The summed E-state index contributed by atoms with van der Waals surface area (Å²) in [5.74, 6) is 0.853. The van der Waals surface area contributed by atoms with Crippen LogP contribution < -0.4 is 5.73 Å². The van der Waals surface area contributed by atoms with Gasteiger partial charge >= 0.3 is 0 Å². The summed E-state index contributed by atoms with van der Waals surface area (Å²) in [6, 6.07) is 8.31. The standard InChI is InChI=1S/C14H17BrClN3S/c1-9-13(14(16)19(2)18-9)7-11(17)8-20-12-5-3-10(15)4-6-12/h3-6,11H,7-8,17H2,1-2H3. The third-order valence-electron chi connectivity index (χ3n) is 3.01. The molecule has 108 valence electrons. The van der Waals surface area contributed by atoms with Crippen LogP contribution in [-0.2, 0) is 13.5 Å². The number of thioether (sulfide) groups is 1. The lowest BCUT2D eigenvalue weighted by Crippen LogP contribution is -2.25. The Balaban J connectivity index is 1.92. The van der Waals surface area contributed by atoms with Crippen LogP contribution in [-0.4, -0.2) is 21.6 Å². The van der Waals surface area contributed by atoms with Crippen molar-refractivity contribution < 1.29 is 0 Å². The van der Waals surface area contributed by atoms with Crippen LogP contribution in [0.3, 0.4) is 0 Å². The maximum Gasteiger partial charge on any atom is 0.130 e. The molecule has 0 spiro atoms. The molecule has 0 amide bonds. The van der Waals surface area contributed by atoms with Gasteiger partial charge in [-0.05, 0) is 37.6 Å². The van der Waals surface area contributed by atoms with Gasteiger partial charge in [0.1, 0.15) is 5.15 Å². The van der Waals surface area contributed by atoms with E-state index in [9.17, 15) is 0 Å². The first kappa shape index (κ1) is 15.9. The van der Waals surface area contributed by atoms with E-state index in [1.54, 1.807) is 16.4 Å². The van der Waals surface area contributed by atoms with Crippen molar-refractivity contribution in [1.82, 2.24) is 9.78 Å². The van der Waals surface area contributed by atoms with E-state index in [-0.39, 0.29) is 6.04 Å². The molecular weight excluding hydrogens is 358 g/mol. The summed E-state index contributed by atoms with van der Waals surface area (Å²) in [4.78, 5) is 1.22. The minimum absolute atomic E-state index is 0.0593. The van der Waals surface area contributed by atoms with E-state index in [2.05, 4.69) is 33.2 Å². The lowest BCUT2D eigenvalue weighted by Gasteiger charge is -2.11. The predicted molar refractivity (Wildman–Crippen MR) is 89.5 cm³/mol. The molecular formula is C14H17BrClN3S. The quantitative estimate of drug-likeness (QED) is 0.809. The molecule has 0 aliphatic carbocycles. The van der Waals surface area contributed by atoms with E-state index in [0.717, 1.165) is 27.9 Å². The van der Waals surface area contributed by atoms with Crippen LogP contribution >= 0.6 is 39.3 Å². The lowest BCUT2D eigenvalue weighted by molar-refractivity contribution is 0.743. The minimum Gasteiger partial charge on any atom is -0.327 e. The SMILES string of the molecule is Cc1nn(C)c(Cl)c1CC(N)CSc1ccc(Br)cc1. The first-order valence-corrected chi connectivity index (χ1v) is 8.45. The van der Waals surface area contributed by atoms with Crippen molar-refractivity contribution in [3.05, 3.63) is 45.1 Å². The van der Waals surface area contributed by atoms with E-state index < -0.39 is 0 Å². The maximum atomic E-state index is 6.23. The van der Waals surface area contributed by atoms with Gasteiger partial charge in [0.2, 0.25) is 0 Å². The molecule has 1 aromatic carbocycles. The van der Waals surface area contributed by atoms with Gasteiger partial charge in [-0.15, -0.1) is 11.8 Å². The molecule has 0 saturated carbocycles. The molecule has 0 saturated heterocycles. The van der Waals surface area contributed by atoms with Crippen LogP contribution in [0.5, 0.6) is 0 Å². The van der Waals surface area contributed by atoms with E-state index in [0.29, 0.717) is 5.15 Å². The first-order chi connectivity index (χ1) is 9.47. The highest BCUT2D eigenvalue weighted by atomic mass is 79.9. The molecule has 2 aromatic rings. The zero-order chi connectivity index (χ0) is 14.7. The number of halogens is 2. The van der Waals surface area contributed by atoms with E-state index >= 15 is 0 Å². The predicted octanol–water partition coefficient (Wildman–Crippen LogP) is 3.81. The molecule has 3 nitrogen and oxygen atoms in total. The van der Waals surface area contributed by atoms with Crippen LogP contribution in [0.25, 0.3) is 0 Å². The number of hydrogen-bond donors (Lipinski definition) is 1. The van der Waals surface area contributed by atoms with Crippen molar-refractivity contribution in [2.75, 3.05) is 5.75 Å². The van der Waals surface area contributed by atoms with Crippen LogP contribution in [0.2, 0.25) is 5.15 Å². The number of hydrogen-bond acceptors (Lipinski definition) is 3. The average molecular weight is 375 g/mol. The summed E-state index contributed by atoms with van der Waals surface area (Å²) in [7, 11) is 1.85. The largest absolute Gasteiger partial charge is 0.327 e. The average Bonchev–Trinajstić information content (AvgIpc) is 2.65. The van der Waals surface area contributed by atoms with Crippen LogP contribution in [0.15, 0.2) is 33.6 Å². The second kappa shape index (κ2) is 6.98. The molecule has 0 fully saturated rings. The Kier molecular flexibility index (Phi) is 5.55. The second-order valence-electron chi connectivity index (χ2n) is 4.71. The number of rotatable bonds is 5. The van der Waals surface area contributed by atoms with Crippen molar-refractivity contribution in [3.63, 3.8) is 0 Å². The van der Waals surface area contributed by atoms with E-state index in [1.165, 1.54) is 4.90 Å². The number of aryl methyl sites for hydroxylation is 2. The molecule has 0 radical (unpaired) electrons. The zero-order valence-corrected chi connectivity index (χ0v) is 14.6. The molecule has 1 atom stereocenters. The number of nitrogens with zero attached hydrogens (tertiary/aromatic N) is 2. The van der Waals surface area contributed by atoms with Gasteiger partial charge in [-0.1, -0.05) is 27.5 Å². The van der Waals surface area contributed by atoms with Gasteiger partial charge in [-0.2, -0.15) is 5.10 Å². The van der Waals surface area contributed by atoms with Crippen LogP contribution in [0.4, 0.5) is 0 Å². The Morgan fingerprint density at radius 3 is 2.60 bits per heavy atom. The highest BCUT2D eigenvalue weighted by molar-refractivity contribution is 9.10. The zero-order valence-electron chi connectivity index (χ0n) is 11.4. The smallest absolute Gasteiger partial charge is 0.130 e. The lowest BCUT2D eigenvalue weighted by atomic mass is 10.1. The molecule has 1 aromatic heterocycles. The van der Waals surface area contributed by atoms with Gasteiger partial charge in [-0.25, -0.2) is 0 Å². The second-order valence-corrected chi connectivity index (χ2v) is 7.07. The summed E-state index contributed by atoms with van der Waals surface area (Å²) in [5.41, 5.74) is 8.22. The third kappa shape index (κ3) is 4.01. The number of nitrogens with two attached hydrogens (primary N) is 1. The number of aromatic nitrogens is 2. The van der Waals surface area contributed by atoms with Crippen LogP contribution in [0.1, 0.15) is 11.3 Å². The van der Waals surface area contributed by atoms with Gasteiger partial charge in [-0.3, -0.25) is 4.68 Å². The summed E-state index contributed by atoms with van der Waals surface area (Å²) in [6.07, 6.45) is 0.752.